The molecule has 0 aliphatic rings. The fourth-order valence-electron chi connectivity index (χ4n) is 3.54. The van der Waals surface area contributed by atoms with E-state index in [9.17, 15) is 14.0 Å². The number of nitrogens with zero attached hydrogens (tertiary/aromatic N) is 1. The van der Waals surface area contributed by atoms with Crippen LogP contribution in [0.5, 0.6) is 0 Å². The molecule has 184 valence electrons. The van der Waals surface area contributed by atoms with E-state index >= 15 is 0 Å². The van der Waals surface area contributed by atoms with Crippen molar-refractivity contribution in [3.8, 4) is 0 Å². The van der Waals surface area contributed by atoms with Crippen LogP contribution in [0.4, 0.5) is 4.39 Å². The molecule has 0 saturated heterocycles. The van der Waals surface area contributed by atoms with Crippen molar-refractivity contribution in [1.82, 2.24) is 10.2 Å². The zero-order valence-electron chi connectivity index (χ0n) is 19.9. The van der Waals surface area contributed by atoms with Crippen molar-refractivity contribution < 1.29 is 14.0 Å². The first-order valence-electron chi connectivity index (χ1n) is 11.6. The largest absolute Gasteiger partial charge is 0.352 e. The summed E-state index contributed by atoms with van der Waals surface area (Å²) in [4.78, 5) is 29.5. The number of carbonyl (C=O) groups excluding carboxylic acids is 2. The van der Waals surface area contributed by atoms with Crippen LogP contribution in [-0.4, -0.2) is 34.6 Å². The third kappa shape index (κ3) is 8.41. The molecule has 0 aliphatic carbocycles. The van der Waals surface area contributed by atoms with E-state index in [2.05, 4.69) is 5.32 Å². The summed E-state index contributed by atoms with van der Waals surface area (Å²) in [5.41, 5.74) is 1.71. The summed E-state index contributed by atoms with van der Waals surface area (Å²) < 4.78 is 13.5. The summed E-state index contributed by atoms with van der Waals surface area (Å²) in [6.07, 6.45) is 1.16. The lowest BCUT2D eigenvalue weighted by Crippen LogP contribution is -2.52. The molecule has 0 fully saturated rings. The molecule has 3 rings (SSSR count). The Bertz CT molecular complexity index is 1090. The van der Waals surface area contributed by atoms with Gasteiger partial charge in [0.05, 0.1) is 5.75 Å². The molecular weight excluding hydrogens is 483 g/mol. The van der Waals surface area contributed by atoms with E-state index in [-0.39, 0.29) is 36.0 Å². The first-order valence-corrected chi connectivity index (χ1v) is 13.0. The maximum Gasteiger partial charge on any atom is 0.243 e. The van der Waals surface area contributed by atoms with Crippen LogP contribution >= 0.6 is 23.4 Å². The molecule has 0 spiro atoms. The van der Waals surface area contributed by atoms with Gasteiger partial charge in [-0.25, -0.2) is 4.39 Å². The summed E-state index contributed by atoms with van der Waals surface area (Å²) in [6, 6.07) is 22.2. The average Bonchev–Trinajstić information content (AvgIpc) is 2.87. The first-order chi connectivity index (χ1) is 16.9. The highest BCUT2D eigenvalue weighted by Gasteiger charge is 2.31. The molecule has 0 radical (unpaired) electrons. The van der Waals surface area contributed by atoms with E-state index < -0.39 is 6.04 Å². The summed E-state index contributed by atoms with van der Waals surface area (Å²) >= 11 is 7.37. The van der Waals surface area contributed by atoms with Gasteiger partial charge in [0.2, 0.25) is 11.8 Å². The van der Waals surface area contributed by atoms with Gasteiger partial charge in [-0.1, -0.05) is 61.0 Å². The number of amides is 2. The van der Waals surface area contributed by atoms with E-state index in [4.69, 9.17) is 11.6 Å². The number of halogens is 2. The Morgan fingerprint density at radius 1 is 0.971 bits per heavy atom. The van der Waals surface area contributed by atoms with Crippen molar-refractivity contribution in [3.05, 3.63) is 101 Å². The monoisotopic (exact) mass is 512 g/mol. The maximum atomic E-state index is 13.6. The van der Waals surface area contributed by atoms with Gasteiger partial charge < -0.3 is 10.2 Å². The van der Waals surface area contributed by atoms with Crippen LogP contribution in [0.3, 0.4) is 0 Å². The highest BCUT2D eigenvalue weighted by molar-refractivity contribution is 8.00. The molecule has 1 N–H and O–H groups in total. The molecule has 7 heteroatoms. The molecule has 2 amide bonds. The third-order valence-corrected chi connectivity index (χ3v) is 6.96. The molecule has 3 aromatic carbocycles. The molecule has 2 atom stereocenters. The second-order valence-electron chi connectivity index (χ2n) is 8.41. The summed E-state index contributed by atoms with van der Waals surface area (Å²) in [6.45, 7) is 4.15. The Kier molecular flexibility index (Phi) is 10.2. The lowest BCUT2D eigenvalue weighted by molar-refractivity contribution is -0.139. The number of rotatable bonds is 11. The van der Waals surface area contributed by atoms with Crippen LogP contribution in [0, 0.1) is 5.82 Å². The van der Waals surface area contributed by atoms with Crippen LogP contribution in [0.2, 0.25) is 5.02 Å². The van der Waals surface area contributed by atoms with Gasteiger partial charge in [0, 0.05) is 28.9 Å². The highest BCUT2D eigenvalue weighted by atomic mass is 35.5. The second-order valence-corrected chi connectivity index (χ2v) is 9.90. The van der Waals surface area contributed by atoms with Crippen molar-refractivity contribution in [2.24, 2.45) is 0 Å². The molecule has 0 heterocycles. The lowest BCUT2D eigenvalue weighted by Gasteiger charge is -2.32. The Labute approximate surface area is 215 Å². The summed E-state index contributed by atoms with van der Waals surface area (Å²) in [5.74, 6) is -0.560. The average molecular weight is 513 g/mol. The van der Waals surface area contributed by atoms with Crippen molar-refractivity contribution in [2.45, 2.75) is 50.2 Å². The fraction of sp³-hybridized carbons (Fsp3) is 0.286. The van der Waals surface area contributed by atoms with Gasteiger partial charge in [0.15, 0.2) is 0 Å². The molecule has 35 heavy (non-hydrogen) atoms. The van der Waals surface area contributed by atoms with E-state index in [0.717, 1.165) is 22.4 Å². The third-order valence-electron chi connectivity index (χ3n) is 5.71. The van der Waals surface area contributed by atoms with Crippen molar-refractivity contribution in [2.75, 3.05) is 5.75 Å². The minimum atomic E-state index is -0.713. The molecule has 4 nitrogen and oxygen atoms in total. The van der Waals surface area contributed by atoms with Crippen LogP contribution in [0.1, 0.15) is 31.4 Å². The predicted molar refractivity (Wildman–Crippen MR) is 141 cm³/mol. The Hall–Kier alpha value is -2.83. The lowest BCUT2D eigenvalue weighted by atomic mass is 10.0. The van der Waals surface area contributed by atoms with Gasteiger partial charge in [0.25, 0.3) is 0 Å². The van der Waals surface area contributed by atoms with Gasteiger partial charge in [0.1, 0.15) is 11.9 Å². The van der Waals surface area contributed by atoms with Crippen molar-refractivity contribution >= 4 is 35.2 Å². The molecule has 0 aliphatic heterocycles. The van der Waals surface area contributed by atoms with E-state index in [0.29, 0.717) is 11.4 Å². The number of carbonyl (C=O) groups is 2. The molecule has 3 aromatic rings. The topological polar surface area (TPSA) is 49.4 Å². The quantitative estimate of drug-likeness (QED) is 0.314. The minimum absolute atomic E-state index is 0.0213. The van der Waals surface area contributed by atoms with Gasteiger partial charge >= 0.3 is 0 Å². The normalized spacial score (nSPS) is 12.6. The molecule has 0 bridgehead atoms. The number of hydrogen-bond donors (Lipinski definition) is 1. The predicted octanol–water partition coefficient (Wildman–Crippen LogP) is 6.13. The summed E-state index contributed by atoms with van der Waals surface area (Å²) in [7, 11) is 0. The Balaban J connectivity index is 1.89. The highest BCUT2D eigenvalue weighted by Crippen LogP contribution is 2.23. The van der Waals surface area contributed by atoms with E-state index in [1.807, 2.05) is 56.3 Å². The number of hydrogen-bond acceptors (Lipinski definition) is 3. The van der Waals surface area contributed by atoms with Crippen molar-refractivity contribution in [1.29, 1.82) is 0 Å². The molecule has 0 unspecified atom stereocenters. The standard InChI is InChI=1S/C28H30ClFN2O2S/c1-3-20(2)31-28(34)26(17-21-7-5-4-6-8-21)32(18-22-9-13-24(30)14-10-22)27(33)19-35-25-15-11-23(29)12-16-25/h4-16,20,26H,3,17-19H2,1-2H3,(H,31,34)/t20-,26-/m1/s1. The number of thioether (sulfide) groups is 1. The van der Waals surface area contributed by atoms with Crippen LogP contribution in [-0.2, 0) is 22.6 Å². The molecular formula is C28H30ClFN2O2S. The minimum Gasteiger partial charge on any atom is -0.352 e. The smallest absolute Gasteiger partial charge is 0.243 e. The number of nitrogens with one attached hydrogen (secondary N) is 1. The SMILES string of the molecule is CC[C@@H](C)NC(=O)[C@@H](Cc1ccccc1)N(Cc1ccc(F)cc1)C(=O)CSc1ccc(Cl)cc1. The van der Waals surface area contributed by atoms with Gasteiger partial charge in [-0.3, -0.25) is 9.59 Å². The maximum absolute atomic E-state index is 13.6. The second kappa shape index (κ2) is 13.3. The van der Waals surface area contributed by atoms with Crippen LogP contribution in [0.15, 0.2) is 83.8 Å². The fourth-order valence-corrected chi connectivity index (χ4v) is 4.45. The molecule has 0 aromatic heterocycles. The first kappa shape index (κ1) is 26.8. The summed E-state index contributed by atoms with van der Waals surface area (Å²) in [5, 5.41) is 3.67. The molecule has 0 saturated carbocycles. The Morgan fingerprint density at radius 3 is 2.26 bits per heavy atom. The van der Waals surface area contributed by atoms with Gasteiger partial charge in [-0.05, 0) is 60.9 Å². The van der Waals surface area contributed by atoms with Gasteiger partial charge in [-0.15, -0.1) is 11.8 Å². The van der Waals surface area contributed by atoms with E-state index in [1.165, 1.54) is 23.9 Å². The zero-order valence-corrected chi connectivity index (χ0v) is 21.5. The Morgan fingerprint density at radius 2 is 1.63 bits per heavy atom. The zero-order chi connectivity index (χ0) is 25.2. The van der Waals surface area contributed by atoms with Gasteiger partial charge in [-0.2, -0.15) is 0 Å². The van der Waals surface area contributed by atoms with E-state index in [1.54, 1.807) is 29.2 Å². The van der Waals surface area contributed by atoms with Crippen LogP contribution < -0.4 is 5.32 Å². The van der Waals surface area contributed by atoms with Crippen LogP contribution in [0.25, 0.3) is 0 Å². The number of benzene rings is 3. The van der Waals surface area contributed by atoms with Crippen molar-refractivity contribution in [3.63, 3.8) is 0 Å².